The summed E-state index contributed by atoms with van der Waals surface area (Å²) in [7, 11) is 0. The summed E-state index contributed by atoms with van der Waals surface area (Å²) in [4.78, 5) is 4.31. The van der Waals surface area contributed by atoms with Crippen LogP contribution in [-0.4, -0.2) is 33.0 Å². The lowest BCUT2D eigenvalue weighted by Gasteiger charge is -2.20. The van der Waals surface area contributed by atoms with Gasteiger partial charge in [0.1, 0.15) is 11.3 Å². The molecule has 2 aromatic heterocycles. The highest BCUT2D eigenvalue weighted by molar-refractivity contribution is 5.77. The molecule has 0 saturated heterocycles. The van der Waals surface area contributed by atoms with Crippen molar-refractivity contribution in [1.29, 1.82) is 0 Å². The standard InChI is InChI=1S/C25H28N6/c26-23-16-22(24-25(28-23)30-31-29-24)21(18-9-5-2-6-10-18)13-14-27-20-12-11-19(15-20)17-7-3-1-4-8-17/h1-10,16,19-21,27H,11-15H2,(H3,26,28,29,30,31)/t19-,20-,21?/m1/s1. The Hall–Kier alpha value is -3.25. The minimum atomic E-state index is 0.179. The molecule has 0 aliphatic heterocycles. The maximum absolute atomic E-state index is 6.09. The summed E-state index contributed by atoms with van der Waals surface area (Å²) in [6.07, 6.45) is 4.65. The Morgan fingerprint density at radius 3 is 2.58 bits per heavy atom. The molecule has 6 nitrogen and oxygen atoms in total. The first kappa shape index (κ1) is 19.7. The second kappa shape index (κ2) is 8.86. The van der Waals surface area contributed by atoms with Gasteiger partial charge in [0, 0.05) is 12.0 Å². The van der Waals surface area contributed by atoms with Crippen molar-refractivity contribution in [3.8, 4) is 0 Å². The number of fused-ring (bicyclic) bond motifs is 1. The number of nitrogen functional groups attached to an aromatic ring is 1. The van der Waals surface area contributed by atoms with Crippen LogP contribution in [-0.2, 0) is 0 Å². The molecule has 158 valence electrons. The molecule has 1 fully saturated rings. The fraction of sp³-hybridized carbons (Fsp3) is 0.320. The summed E-state index contributed by atoms with van der Waals surface area (Å²) < 4.78 is 0. The van der Waals surface area contributed by atoms with E-state index in [-0.39, 0.29) is 5.92 Å². The van der Waals surface area contributed by atoms with E-state index in [1.165, 1.54) is 30.4 Å². The third-order valence-electron chi connectivity index (χ3n) is 6.49. The van der Waals surface area contributed by atoms with Gasteiger partial charge in [-0.1, -0.05) is 60.7 Å². The van der Waals surface area contributed by atoms with E-state index in [0.717, 1.165) is 24.0 Å². The second-order valence-electron chi connectivity index (χ2n) is 8.46. The van der Waals surface area contributed by atoms with E-state index in [0.29, 0.717) is 23.4 Å². The van der Waals surface area contributed by atoms with Gasteiger partial charge < -0.3 is 11.1 Å². The van der Waals surface area contributed by atoms with Crippen LogP contribution in [0.15, 0.2) is 66.7 Å². The van der Waals surface area contributed by atoms with E-state index in [1.54, 1.807) is 0 Å². The van der Waals surface area contributed by atoms with Crippen molar-refractivity contribution in [3.63, 3.8) is 0 Å². The molecule has 5 rings (SSSR count). The predicted molar refractivity (Wildman–Crippen MR) is 124 cm³/mol. The molecule has 0 amide bonds. The maximum atomic E-state index is 6.09. The van der Waals surface area contributed by atoms with Crippen LogP contribution in [0.2, 0.25) is 0 Å². The number of aromatic nitrogens is 4. The molecule has 1 aliphatic rings. The zero-order valence-electron chi connectivity index (χ0n) is 17.5. The van der Waals surface area contributed by atoms with Gasteiger partial charge in [-0.15, -0.1) is 5.10 Å². The quantitative estimate of drug-likeness (QED) is 0.419. The Kier molecular flexibility index (Phi) is 5.63. The van der Waals surface area contributed by atoms with Crippen LogP contribution < -0.4 is 11.1 Å². The van der Waals surface area contributed by atoms with Gasteiger partial charge in [0.2, 0.25) is 5.65 Å². The first-order chi connectivity index (χ1) is 15.3. The normalized spacial score (nSPS) is 19.6. The van der Waals surface area contributed by atoms with E-state index in [1.807, 2.05) is 12.1 Å². The first-order valence-corrected chi connectivity index (χ1v) is 11.1. The van der Waals surface area contributed by atoms with Crippen LogP contribution in [0.4, 0.5) is 5.82 Å². The number of hydrogen-bond acceptors (Lipinski definition) is 5. The van der Waals surface area contributed by atoms with Crippen LogP contribution in [0.25, 0.3) is 11.2 Å². The number of pyridine rings is 1. The van der Waals surface area contributed by atoms with Crippen molar-refractivity contribution in [2.75, 3.05) is 12.3 Å². The van der Waals surface area contributed by atoms with E-state index >= 15 is 0 Å². The maximum Gasteiger partial charge on any atom is 0.203 e. The van der Waals surface area contributed by atoms with Gasteiger partial charge in [-0.25, -0.2) is 4.98 Å². The number of H-pyrrole nitrogens is 1. The van der Waals surface area contributed by atoms with Crippen LogP contribution in [0, 0.1) is 0 Å². The molecule has 1 aliphatic carbocycles. The number of rotatable bonds is 7. The number of benzene rings is 2. The van der Waals surface area contributed by atoms with E-state index in [4.69, 9.17) is 5.73 Å². The summed E-state index contributed by atoms with van der Waals surface area (Å²) in [6, 6.07) is 24.0. The highest BCUT2D eigenvalue weighted by atomic mass is 15.3. The summed E-state index contributed by atoms with van der Waals surface area (Å²) >= 11 is 0. The number of aromatic amines is 1. The largest absolute Gasteiger partial charge is 0.384 e. The fourth-order valence-corrected chi connectivity index (χ4v) is 4.96. The van der Waals surface area contributed by atoms with Crippen molar-refractivity contribution in [1.82, 2.24) is 25.7 Å². The molecular weight excluding hydrogens is 384 g/mol. The Bertz CT molecular complexity index is 1120. The predicted octanol–water partition coefficient (Wildman–Crippen LogP) is 4.38. The summed E-state index contributed by atoms with van der Waals surface area (Å²) in [5.74, 6) is 1.32. The highest BCUT2D eigenvalue weighted by Crippen LogP contribution is 2.35. The number of nitrogens with zero attached hydrogens (tertiary/aromatic N) is 3. The molecule has 0 bridgehead atoms. The minimum Gasteiger partial charge on any atom is -0.384 e. The van der Waals surface area contributed by atoms with E-state index in [2.05, 4.69) is 80.3 Å². The molecule has 0 radical (unpaired) electrons. The van der Waals surface area contributed by atoms with Gasteiger partial charge in [-0.2, -0.15) is 10.3 Å². The van der Waals surface area contributed by atoms with Crippen molar-refractivity contribution >= 4 is 17.0 Å². The average Bonchev–Trinajstić information content (AvgIpc) is 3.47. The number of nitrogens with one attached hydrogen (secondary N) is 2. The van der Waals surface area contributed by atoms with Crippen molar-refractivity contribution in [3.05, 3.63) is 83.4 Å². The molecule has 3 atom stereocenters. The van der Waals surface area contributed by atoms with E-state index < -0.39 is 0 Å². The van der Waals surface area contributed by atoms with Crippen LogP contribution >= 0.6 is 0 Å². The summed E-state index contributed by atoms with van der Waals surface area (Å²) in [6.45, 7) is 0.938. The number of hydrogen-bond donors (Lipinski definition) is 3. The van der Waals surface area contributed by atoms with Crippen molar-refractivity contribution in [2.24, 2.45) is 0 Å². The molecular formula is C25H28N6. The lowest BCUT2D eigenvalue weighted by molar-refractivity contribution is 0.498. The number of nitrogens with two attached hydrogens (primary N) is 1. The van der Waals surface area contributed by atoms with Crippen LogP contribution in [0.1, 0.15) is 54.2 Å². The van der Waals surface area contributed by atoms with Gasteiger partial charge in [-0.3, -0.25) is 0 Å². The highest BCUT2D eigenvalue weighted by Gasteiger charge is 2.26. The minimum absolute atomic E-state index is 0.179. The molecule has 4 N–H and O–H groups in total. The molecule has 1 saturated carbocycles. The zero-order valence-corrected chi connectivity index (χ0v) is 17.5. The lowest BCUT2D eigenvalue weighted by Crippen LogP contribution is -2.28. The third kappa shape index (κ3) is 4.30. The van der Waals surface area contributed by atoms with Gasteiger partial charge in [-0.05, 0) is 60.9 Å². The van der Waals surface area contributed by atoms with Crippen LogP contribution in [0.3, 0.4) is 0 Å². The van der Waals surface area contributed by atoms with Gasteiger partial charge >= 0.3 is 0 Å². The second-order valence-corrected chi connectivity index (χ2v) is 8.46. The molecule has 4 aromatic rings. The van der Waals surface area contributed by atoms with Gasteiger partial charge in [0.05, 0.1) is 0 Å². The Morgan fingerprint density at radius 1 is 1.00 bits per heavy atom. The molecule has 2 aromatic carbocycles. The fourth-order valence-electron chi connectivity index (χ4n) is 4.96. The third-order valence-corrected chi connectivity index (χ3v) is 6.49. The molecule has 6 heteroatoms. The molecule has 1 unspecified atom stereocenters. The SMILES string of the molecule is Nc1cc(C(CCN[C@@H]2CC[C@@H](c3ccccc3)C2)c2ccccc2)c2n[nH]nc2n1. The molecule has 0 spiro atoms. The Balaban J connectivity index is 1.31. The lowest BCUT2D eigenvalue weighted by atomic mass is 9.88. The molecule has 2 heterocycles. The van der Waals surface area contributed by atoms with E-state index in [9.17, 15) is 0 Å². The van der Waals surface area contributed by atoms with Gasteiger partial charge in [0.15, 0.2) is 0 Å². The zero-order chi connectivity index (χ0) is 21.0. The van der Waals surface area contributed by atoms with Crippen molar-refractivity contribution in [2.45, 2.75) is 43.6 Å². The summed E-state index contributed by atoms with van der Waals surface area (Å²) in [5, 5.41) is 15.0. The monoisotopic (exact) mass is 412 g/mol. The summed E-state index contributed by atoms with van der Waals surface area (Å²) in [5.41, 5.74) is 11.3. The smallest absolute Gasteiger partial charge is 0.203 e. The van der Waals surface area contributed by atoms with Crippen LogP contribution in [0.5, 0.6) is 0 Å². The van der Waals surface area contributed by atoms with Crippen molar-refractivity contribution < 1.29 is 0 Å². The van der Waals surface area contributed by atoms with Gasteiger partial charge in [0.25, 0.3) is 0 Å². The Labute approximate surface area is 182 Å². The molecule has 31 heavy (non-hydrogen) atoms. The topological polar surface area (TPSA) is 92.5 Å². The first-order valence-electron chi connectivity index (χ1n) is 11.1. The number of anilines is 1. The average molecular weight is 413 g/mol. The Morgan fingerprint density at radius 2 is 1.77 bits per heavy atom.